The molecule has 0 aliphatic carbocycles. The Bertz CT molecular complexity index is 270. The number of aromatic nitrogens is 2. The summed E-state index contributed by atoms with van der Waals surface area (Å²) in [7, 11) is 0. The van der Waals surface area contributed by atoms with Crippen molar-refractivity contribution < 1.29 is 9.36 Å². The SMILES string of the molecule is CSCc1c[nH]c[n+]1CC(C)=O. The van der Waals surface area contributed by atoms with E-state index in [0.717, 1.165) is 11.4 Å². The lowest BCUT2D eigenvalue weighted by molar-refractivity contribution is -0.689. The summed E-state index contributed by atoms with van der Waals surface area (Å²) in [6.07, 6.45) is 5.80. The molecule has 12 heavy (non-hydrogen) atoms. The number of carbonyl (C=O) groups is 1. The van der Waals surface area contributed by atoms with E-state index in [1.165, 1.54) is 0 Å². The summed E-state index contributed by atoms with van der Waals surface area (Å²) >= 11 is 1.75. The maximum atomic E-state index is 10.8. The van der Waals surface area contributed by atoms with Crippen molar-refractivity contribution in [3.05, 3.63) is 18.2 Å². The minimum absolute atomic E-state index is 0.182. The Morgan fingerprint density at radius 3 is 3.08 bits per heavy atom. The number of hydrogen-bond acceptors (Lipinski definition) is 2. The first kappa shape index (κ1) is 9.32. The lowest BCUT2D eigenvalue weighted by atomic mass is 10.4. The van der Waals surface area contributed by atoms with Gasteiger partial charge < -0.3 is 0 Å². The summed E-state index contributed by atoms with van der Waals surface area (Å²) in [5, 5.41) is 0. The second-order valence-electron chi connectivity index (χ2n) is 2.69. The van der Waals surface area contributed by atoms with E-state index >= 15 is 0 Å². The van der Waals surface area contributed by atoms with Crippen molar-refractivity contribution in [3.8, 4) is 0 Å². The van der Waals surface area contributed by atoms with E-state index in [0.29, 0.717) is 6.54 Å². The lowest BCUT2D eigenvalue weighted by Crippen LogP contribution is -2.38. The largest absolute Gasteiger partial charge is 0.296 e. The fourth-order valence-corrected chi connectivity index (χ4v) is 1.59. The predicted octanol–water partition coefficient (Wildman–Crippen LogP) is 0.754. The first-order valence-corrected chi connectivity index (χ1v) is 5.17. The van der Waals surface area contributed by atoms with Crippen LogP contribution in [0.25, 0.3) is 0 Å². The molecule has 1 rings (SSSR count). The summed E-state index contributed by atoms with van der Waals surface area (Å²) in [4.78, 5) is 13.8. The Hall–Kier alpha value is -0.770. The highest BCUT2D eigenvalue weighted by Crippen LogP contribution is 2.02. The zero-order chi connectivity index (χ0) is 8.97. The Labute approximate surface area is 76.2 Å². The van der Waals surface area contributed by atoms with Crippen molar-refractivity contribution in [2.24, 2.45) is 0 Å². The van der Waals surface area contributed by atoms with Crippen molar-refractivity contribution >= 4 is 17.5 Å². The van der Waals surface area contributed by atoms with E-state index in [1.54, 1.807) is 18.7 Å². The molecule has 0 aromatic carbocycles. The van der Waals surface area contributed by atoms with Crippen molar-refractivity contribution in [1.82, 2.24) is 4.98 Å². The number of imidazole rings is 1. The van der Waals surface area contributed by atoms with Crippen LogP contribution in [-0.2, 0) is 17.1 Å². The molecule has 0 radical (unpaired) electrons. The van der Waals surface area contributed by atoms with Crippen LogP contribution in [0.4, 0.5) is 0 Å². The number of H-pyrrole nitrogens is 1. The van der Waals surface area contributed by atoms with Gasteiger partial charge in [-0.25, -0.2) is 9.55 Å². The highest BCUT2D eigenvalue weighted by molar-refractivity contribution is 7.97. The quantitative estimate of drug-likeness (QED) is 0.703. The number of ketones is 1. The number of nitrogens with one attached hydrogen (secondary N) is 1. The maximum Gasteiger partial charge on any atom is 0.242 e. The number of rotatable bonds is 4. The number of nitrogens with zero attached hydrogens (tertiary/aromatic N) is 1. The molecular formula is C8H13N2OS+. The van der Waals surface area contributed by atoms with Crippen LogP contribution in [0.5, 0.6) is 0 Å². The molecule has 1 heterocycles. The van der Waals surface area contributed by atoms with E-state index in [2.05, 4.69) is 4.98 Å². The van der Waals surface area contributed by atoms with Crippen molar-refractivity contribution in [2.75, 3.05) is 6.26 Å². The summed E-state index contributed by atoms with van der Waals surface area (Å²) < 4.78 is 1.94. The first-order chi connectivity index (χ1) is 5.74. The van der Waals surface area contributed by atoms with E-state index in [9.17, 15) is 4.79 Å². The molecule has 1 aromatic rings. The molecule has 3 nitrogen and oxygen atoms in total. The third kappa shape index (κ3) is 2.37. The Morgan fingerprint density at radius 2 is 2.50 bits per heavy atom. The Balaban J connectivity index is 2.69. The Kier molecular flexibility index (Phi) is 3.34. The zero-order valence-electron chi connectivity index (χ0n) is 7.33. The second-order valence-corrected chi connectivity index (χ2v) is 3.56. The van der Waals surface area contributed by atoms with E-state index < -0.39 is 0 Å². The van der Waals surface area contributed by atoms with Crippen molar-refractivity contribution in [1.29, 1.82) is 0 Å². The number of aromatic amines is 1. The third-order valence-electron chi connectivity index (χ3n) is 1.53. The highest BCUT2D eigenvalue weighted by Gasteiger charge is 2.09. The molecule has 4 heteroatoms. The molecule has 0 bridgehead atoms. The number of Topliss-reactive ketones (excluding diaryl/α,β-unsaturated/α-hetero) is 1. The second kappa shape index (κ2) is 4.30. The molecule has 0 saturated heterocycles. The van der Waals surface area contributed by atoms with Crippen LogP contribution in [0.1, 0.15) is 12.6 Å². The molecule has 1 aromatic heterocycles. The molecule has 1 N–H and O–H groups in total. The summed E-state index contributed by atoms with van der Waals surface area (Å²) in [6, 6.07) is 0. The fraction of sp³-hybridized carbons (Fsp3) is 0.500. The molecule has 0 amide bonds. The smallest absolute Gasteiger partial charge is 0.242 e. The minimum atomic E-state index is 0.182. The number of carbonyl (C=O) groups excluding carboxylic acids is 1. The van der Waals surface area contributed by atoms with Crippen LogP contribution in [0.2, 0.25) is 0 Å². The summed E-state index contributed by atoms with van der Waals surface area (Å²) in [5.41, 5.74) is 1.16. The first-order valence-electron chi connectivity index (χ1n) is 3.77. The van der Waals surface area contributed by atoms with E-state index in [1.807, 2.05) is 23.3 Å². The molecule has 0 saturated carbocycles. The van der Waals surface area contributed by atoms with Gasteiger partial charge >= 0.3 is 0 Å². The number of thioether (sulfide) groups is 1. The van der Waals surface area contributed by atoms with Crippen LogP contribution in [0, 0.1) is 0 Å². The molecule has 66 valence electrons. The summed E-state index contributed by atoms with van der Waals surface area (Å²) in [5.74, 6) is 1.12. The predicted molar refractivity (Wildman–Crippen MR) is 48.9 cm³/mol. The van der Waals surface area contributed by atoms with Crippen LogP contribution in [0.15, 0.2) is 12.5 Å². The minimum Gasteiger partial charge on any atom is -0.296 e. The molecule has 0 aliphatic rings. The molecule has 0 aliphatic heterocycles. The molecule has 0 spiro atoms. The van der Waals surface area contributed by atoms with E-state index in [-0.39, 0.29) is 5.78 Å². The van der Waals surface area contributed by atoms with E-state index in [4.69, 9.17) is 0 Å². The average molecular weight is 185 g/mol. The molecular weight excluding hydrogens is 172 g/mol. The van der Waals surface area contributed by atoms with Gasteiger partial charge in [-0.2, -0.15) is 11.8 Å². The lowest BCUT2D eigenvalue weighted by Gasteiger charge is -1.95. The van der Waals surface area contributed by atoms with Crippen molar-refractivity contribution in [3.63, 3.8) is 0 Å². The molecule has 0 atom stereocenters. The molecule has 0 fully saturated rings. The van der Waals surface area contributed by atoms with Gasteiger partial charge in [0, 0.05) is 0 Å². The zero-order valence-corrected chi connectivity index (χ0v) is 8.15. The summed E-state index contributed by atoms with van der Waals surface area (Å²) in [6.45, 7) is 2.07. The number of hydrogen-bond donors (Lipinski definition) is 1. The van der Waals surface area contributed by atoms with Crippen LogP contribution in [0.3, 0.4) is 0 Å². The standard InChI is InChI=1S/C8H12N2OS/c1-7(11)4-10-6-9-3-8(10)5-12-2/h3,6H,4-5H2,1-2H3/p+1. The van der Waals surface area contributed by atoms with Crippen LogP contribution >= 0.6 is 11.8 Å². The van der Waals surface area contributed by atoms with Gasteiger partial charge in [0.1, 0.15) is 12.7 Å². The topological polar surface area (TPSA) is 36.7 Å². The normalized spacial score (nSPS) is 10.2. The van der Waals surface area contributed by atoms with Gasteiger partial charge in [-0.1, -0.05) is 0 Å². The van der Waals surface area contributed by atoms with Crippen LogP contribution in [-0.4, -0.2) is 17.0 Å². The monoisotopic (exact) mass is 185 g/mol. The third-order valence-corrected chi connectivity index (χ3v) is 2.12. The highest BCUT2D eigenvalue weighted by atomic mass is 32.2. The van der Waals surface area contributed by atoms with Gasteiger partial charge in [-0.3, -0.25) is 4.79 Å². The van der Waals surface area contributed by atoms with Gasteiger partial charge in [-0.05, 0) is 13.2 Å². The Morgan fingerprint density at radius 1 is 1.75 bits per heavy atom. The maximum absolute atomic E-state index is 10.8. The average Bonchev–Trinajstić information content (AvgIpc) is 2.37. The van der Waals surface area contributed by atoms with Gasteiger partial charge in [0.2, 0.25) is 6.33 Å². The van der Waals surface area contributed by atoms with Crippen molar-refractivity contribution in [2.45, 2.75) is 19.2 Å². The van der Waals surface area contributed by atoms with Crippen LogP contribution < -0.4 is 4.57 Å². The van der Waals surface area contributed by atoms with Gasteiger partial charge in [0.15, 0.2) is 11.5 Å². The van der Waals surface area contributed by atoms with Gasteiger partial charge in [0.25, 0.3) is 0 Å². The molecule has 0 unspecified atom stereocenters. The van der Waals surface area contributed by atoms with Gasteiger partial charge in [-0.15, -0.1) is 0 Å². The van der Waals surface area contributed by atoms with Gasteiger partial charge in [0.05, 0.1) is 5.75 Å². The fourth-order valence-electron chi connectivity index (χ4n) is 1.05.